The highest BCUT2D eigenvalue weighted by molar-refractivity contribution is 8.26. The standard InChI is InChI=1S/C19H14N2O3S2/c1-23-14-6-7-16-12(9-14)4-5-13(20-16)10-17-18(22)21(19(25)26-17)11-15-3-2-8-24-15/h2-10H,11H2,1H3/b17-10-. The molecule has 4 rings (SSSR count). The van der Waals surface area contributed by atoms with Crippen molar-refractivity contribution in [2.45, 2.75) is 6.54 Å². The van der Waals surface area contributed by atoms with Crippen LogP contribution in [0.1, 0.15) is 11.5 Å². The van der Waals surface area contributed by atoms with Crippen molar-refractivity contribution in [2.75, 3.05) is 7.11 Å². The Morgan fingerprint density at radius 3 is 2.96 bits per heavy atom. The molecule has 0 aliphatic carbocycles. The van der Waals surface area contributed by atoms with E-state index in [1.165, 1.54) is 16.7 Å². The van der Waals surface area contributed by atoms with Gasteiger partial charge < -0.3 is 9.15 Å². The maximum atomic E-state index is 12.7. The monoisotopic (exact) mass is 382 g/mol. The lowest BCUT2D eigenvalue weighted by Gasteiger charge is -2.11. The summed E-state index contributed by atoms with van der Waals surface area (Å²) in [7, 11) is 1.63. The van der Waals surface area contributed by atoms with E-state index in [9.17, 15) is 4.79 Å². The molecule has 0 unspecified atom stereocenters. The lowest BCUT2D eigenvalue weighted by molar-refractivity contribution is -0.122. The van der Waals surface area contributed by atoms with E-state index in [4.69, 9.17) is 21.4 Å². The maximum Gasteiger partial charge on any atom is 0.266 e. The van der Waals surface area contributed by atoms with Gasteiger partial charge in [-0.05, 0) is 42.5 Å². The van der Waals surface area contributed by atoms with Gasteiger partial charge in [0.2, 0.25) is 0 Å². The highest BCUT2D eigenvalue weighted by Crippen LogP contribution is 2.33. The van der Waals surface area contributed by atoms with Gasteiger partial charge in [0.15, 0.2) is 0 Å². The van der Waals surface area contributed by atoms with Crippen LogP contribution in [0.25, 0.3) is 17.0 Å². The molecular weight excluding hydrogens is 368 g/mol. The minimum absolute atomic E-state index is 0.131. The fourth-order valence-corrected chi connectivity index (χ4v) is 3.90. The number of ether oxygens (including phenoxy) is 1. The topological polar surface area (TPSA) is 55.6 Å². The Hall–Kier alpha value is -2.64. The van der Waals surface area contributed by atoms with E-state index in [0.29, 0.717) is 27.2 Å². The van der Waals surface area contributed by atoms with Crippen molar-refractivity contribution in [3.05, 3.63) is 65.1 Å². The fourth-order valence-electron chi connectivity index (χ4n) is 2.66. The predicted octanol–water partition coefficient (Wildman–Crippen LogP) is 4.24. The van der Waals surface area contributed by atoms with E-state index in [-0.39, 0.29) is 5.91 Å². The van der Waals surface area contributed by atoms with Gasteiger partial charge >= 0.3 is 0 Å². The molecule has 5 nitrogen and oxygen atoms in total. The van der Waals surface area contributed by atoms with Crippen molar-refractivity contribution in [3.63, 3.8) is 0 Å². The first-order valence-electron chi connectivity index (χ1n) is 7.86. The zero-order chi connectivity index (χ0) is 18.1. The number of pyridine rings is 1. The van der Waals surface area contributed by atoms with E-state index in [1.807, 2.05) is 36.4 Å². The third kappa shape index (κ3) is 3.23. The smallest absolute Gasteiger partial charge is 0.266 e. The molecule has 3 heterocycles. The highest BCUT2D eigenvalue weighted by Gasteiger charge is 2.32. The summed E-state index contributed by atoms with van der Waals surface area (Å²) in [5.41, 5.74) is 1.55. The summed E-state index contributed by atoms with van der Waals surface area (Å²) in [6.45, 7) is 0.333. The van der Waals surface area contributed by atoms with Crippen LogP contribution in [0.15, 0.2) is 58.1 Å². The first-order chi connectivity index (χ1) is 12.6. The maximum absolute atomic E-state index is 12.7. The molecule has 1 fully saturated rings. The van der Waals surface area contributed by atoms with Gasteiger partial charge in [-0.1, -0.05) is 30.0 Å². The molecule has 7 heteroatoms. The van der Waals surface area contributed by atoms with E-state index < -0.39 is 0 Å². The van der Waals surface area contributed by atoms with Crippen LogP contribution in [-0.4, -0.2) is 27.2 Å². The number of nitrogens with zero attached hydrogens (tertiary/aromatic N) is 2. The van der Waals surface area contributed by atoms with E-state index in [2.05, 4.69) is 4.98 Å². The molecule has 1 aromatic carbocycles. The Balaban J connectivity index is 1.60. The van der Waals surface area contributed by atoms with Crippen LogP contribution in [0, 0.1) is 0 Å². The third-order valence-corrected chi connectivity index (χ3v) is 5.34. The molecule has 130 valence electrons. The molecule has 0 spiro atoms. The number of fused-ring (bicyclic) bond motifs is 1. The van der Waals surface area contributed by atoms with Crippen molar-refractivity contribution in [1.29, 1.82) is 0 Å². The van der Waals surface area contributed by atoms with Crippen LogP contribution >= 0.6 is 24.0 Å². The number of carbonyl (C=O) groups excluding carboxylic acids is 1. The molecule has 1 aliphatic heterocycles. The van der Waals surface area contributed by atoms with E-state index >= 15 is 0 Å². The van der Waals surface area contributed by atoms with Crippen LogP contribution in [0.4, 0.5) is 0 Å². The Bertz CT molecular complexity index is 1030. The van der Waals surface area contributed by atoms with Gasteiger partial charge in [0.1, 0.15) is 15.8 Å². The van der Waals surface area contributed by atoms with Crippen LogP contribution in [-0.2, 0) is 11.3 Å². The molecule has 3 aromatic rings. The number of benzene rings is 1. The summed E-state index contributed by atoms with van der Waals surface area (Å²) in [5.74, 6) is 1.35. The second-order valence-electron chi connectivity index (χ2n) is 5.64. The van der Waals surface area contributed by atoms with Crippen LogP contribution in [0.2, 0.25) is 0 Å². The number of hydrogen-bond donors (Lipinski definition) is 0. The number of rotatable bonds is 4. The molecule has 1 amide bonds. The SMILES string of the molecule is COc1ccc2nc(/C=C3\SC(=S)N(Cc4ccco4)C3=O)ccc2c1. The number of thiocarbonyl (C=S) groups is 1. The van der Waals surface area contributed by atoms with Gasteiger partial charge in [-0.2, -0.15) is 0 Å². The van der Waals surface area contributed by atoms with Crippen molar-refractivity contribution < 1.29 is 13.9 Å². The van der Waals surface area contributed by atoms with Crippen LogP contribution in [0.3, 0.4) is 0 Å². The zero-order valence-corrected chi connectivity index (χ0v) is 15.5. The predicted molar refractivity (Wildman–Crippen MR) is 106 cm³/mol. The number of methoxy groups -OCH3 is 1. The fraction of sp³-hybridized carbons (Fsp3) is 0.105. The Labute approximate surface area is 159 Å². The zero-order valence-electron chi connectivity index (χ0n) is 13.8. The van der Waals surface area contributed by atoms with Crippen molar-refractivity contribution >= 4 is 51.2 Å². The third-order valence-electron chi connectivity index (χ3n) is 3.96. The quantitative estimate of drug-likeness (QED) is 0.497. The summed E-state index contributed by atoms with van der Waals surface area (Å²) in [5, 5.41) is 0.979. The average molecular weight is 382 g/mol. The Morgan fingerprint density at radius 2 is 2.19 bits per heavy atom. The lowest BCUT2D eigenvalue weighted by Crippen LogP contribution is -2.27. The summed E-state index contributed by atoms with van der Waals surface area (Å²) in [4.78, 5) is 19.3. The number of thioether (sulfide) groups is 1. The van der Waals surface area contributed by atoms with Crippen molar-refractivity contribution in [3.8, 4) is 5.75 Å². The second kappa shape index (κ2) is 6.93. The normalized spacial score (nSPS) is 16.0. The lowest BCUT2D eigenvalue weighted by atomic mass is 10.2. The molecule has 0 N–H and O–H groups in total. The molecule has 0 atom stereocenters. The van der Waals surface area contributed by atoms with Gasteiger partial charge in [0.25, 0.3) is 5.91 Å². The second-order valence-corrected chi connectivity index (χ2v) is 7.32. The van der Waals surface area contributed by atoms with Gasteiger partial charge in [-0.3, -0.25) is 9.69 Å². The largest absolute Gasteiger partial charge is 0.497 e. The summed E-state index contributed by atoms with van der Waals surface area (Å²) >= 11 is 6.62. The number of furan rings is 1. The van der Waals surface area contributed by atoms with Crippen LogP contribution < -0.4 is 4.74 Å². The molecular formula is C19H14N2O3S2. The summed E-state index contributed by atoms with van der Waals surface area (Å²) in [6.07, 6.45) is 3.35. The number of aromatic nitrogens is 1. The average Bonchev–Trinajstić information content (AvgIpc) is 3.25. The van der Waals surface area contributed by atoms with Crippen LogP contribution in [0.5, 0.6) is 5.75 Å². The molecule has 0 bridgehead atoms. The Kier molecular flexibility index (Phi) is 4.48. The van der Waals surface area contributed by atoms with Crippen molar-refractivity contribution in [1.82, 2.24) is 9.88 Å². The summed E-state index contributed by atoms with van der Waals surface area (Å²) in [6, 6.07) is 13.1. The number of carbonyl (C=O) groups is 1. The van der Waals surface area contributed by atoms with Gasteiger partial charge in [-0.15, -0.1) is 0 Å². The molecule has 1 aliphatic rings. The van der Waals surface area contributed by atoms with Crippen molar-refractivity contribution in [2.24, 2.45) is 0 Å². The van der Waals surface area contributed by atoms with Gasteiger partial charge in [0, 0.05) is 5.39 Å². The minimum Gasteiger partial charge on any atom is -0.497 e. The van der Waals surface area contributed by atoms with Gasteiger partial charge in [0.05, 0.1) is 36.0 Å². The molecule has 0 saturated carbocycles. The molecule has 0 radical (unpaired) electrons. The number of amides is 1. The highest BCUT2D eigenvalue weighted by atomic mass is 32.2. The van der Waals surface area contributed by atoms with E-state index in [1.54, 1.807) is 25.5 Å². The van der Waals surface area contributed by atoms with E-state index in [0.717, 1.165) is 16.7 Å². The molecule has 2 aromatic heterocycles. The number of hydrogen-bond acceptors (Lipinski definition) is 6. The first-order valence-corrected chi connectivity index (χ1v) is 9.09. The first kappa shape index (κ1) is 16.8. The summed E-state index contributed by atoms with van der Waals surface area (Å²) < 4.78 is 11.1. The van der Waals surface area contributed by atoms with Gasteiger partial charge in [-0.25, -0.2) is 4.98 Å². The molecule has 1 saturated heterocycles. The minimum atomic E-state index is -0.131. The molecule has 26 heavy (non-hydrogen) atoms. The Morgan fingerprint density at radius 1 is 1.31 bits per heavy atom.